The Morgan fingerprint density at radius 2 is 1.41 bits per heavy atom. The number of aryl methyl sites for hydroxylation is 1. The van der Waals surface area contributed by atoms with Crippen molar-refractivity contribution in [1.29, 1.82) is 0 Å². The highest BCUT2D eigenvalue weighted by atomic mass is 19.4. The van der Waals surface area contributed by atoms with Crippen LogP contribution in [0, 0.1) is 0 Å². The Bertz CT molecular complexity index is 868. The van der Waals surface area contributed by atoms with Gasteiger partial charge in [-0.3, -0.25) is 0 Å². The predicted molar refractivity (Wildman–Crippen MR) is 93.2 cm³/mol. The molecule has 0 nitrogen and oxygen atoms in total. The standard InChI is InChI=1S/C21H18F6/c1-3-12-7-14-6-5-13(4-2)19(18(14)8-12)15-9-16(20(22,23)24)11-17(10-15)21(25,26)27/h5-6,8-11H,3-4,7H2,1-2H3. The van der Waals surface area contributed by atoms with Crippen molar-refractivity contribution in [3.05, 3.63) is 63.7 Å². The average molecular weight is 384 g/mol. The highest BCUT2D eigenvalue weighted by Gasteiger charge is 2.37. The SMILES string of the molecule is CCC1=Cc2c(ccc(CC)c2-c2cc(C(F)(F)F)cc(C(F)(F)F)c2)C1. The smallest absolute Gasteiger partial charge is 0.166 e. The van der Waals surface area contributed by atoms with Crippen LogP contribution in [-0.2, 0) is 25.2 Å². The van der Waals surface area contributed by atoms with Crippen LogP contribution in [0.2, 0.25) is 0 Å². The number of rotatable bonds is 3. The van der Waals surface area contributed by atoms with Gasteiger partial charge in [0.25, 0.3) is 0 Å². The first-order valence-corrected chi connectivity index (χ1v) is 8.68. The Morgan fingerprint density at radius 3 is 1.89 bits per heavy atom. The lowest BCUT2D eigenvalue weighted by Gasteiger charge is -2.18. The minimum absolute atomic E-state index is 0.0422. The quantitative estimate of drug-likeness (QED) is 0.487. The van der Waals surface area contributed by atoms with E-state index in [1.807, 2.05) is 26.0 Å². The molecule has 0 saturated heterocycles. The van der Waals surface area contributed by atoms with E-state index in [4.69, 9.17) is 0 Å². The van der Waals surface area contributed by atoms with E-state index in [1.54, 1.807) is 6.07 Å². The van der Waals surface area contributed by atoms with Gasteiger partial charge in [-0.2, -0.15) is 26.3 Å². The molecule has 0 fully saturated rings. The van der Waals surface area contributed by atoms with Crippen LogP contribution in [0.25, 0.3) is 17.2 Å². The van der Waals surface area contributed by atoms with E-state index in [0.29, 0.717) is 18.4 Å². The third kappa shape index (κ3) is 3.75. The molecule has 6 heteroatoms. The fourth-order valence-corrected chi connectivity index (χ4v) is 3.49. The summed E-state index contributed by atoms with van der Waals surface area (Å²) in [5.74, 6) is 0. The van der Waals surface area contributed by atoms with Gasteiger partial charge in [0, 0.05) is 0 Å². The summed E-state index contributed by atoms with van der Waals surface area (Å²) in [4.78, 5) is 0. The van der Waals surface area contributed by atoms with E-state index >= 15 is 0 Å². The molecular formula is C21H18F6. The van der Waals surface area contributed by atoms with Crippen molar-refractivity contribution >= 4 is 6.08 Å². The summed E-state index contributed by atoms with van der Waals surface area (Å²) >= 11 is 0. The maximum absolute atomic E-state index is 13.2. The summed E-state index contributed by atoms with van der Waals surface area (Å²) in [6.45, 7) is 3.81. The summed E-state index contributed by atoms with van der Waals surface area (Å²) in [5.41, 5.74) is 1.37. The molecule has 3 rings (SSSR count). The van der Waals surface area contributed by atoms with Gasteiger partial charge in [-0.15, -0.1) is 0 Å². The molecule has 0 radical (unpaired) electrons. The van der Waals surface area contributed by atoms with E-state index < -0.39 is 23.5 Å². The molecule has 0 saturated carbocycles. The normalized spacial score (nSPS) is 14.3. The van der Waals surface area contributed by atoms with Crippen LogP contribution in [0.1, 0.15) is 48.1 Å². The van der Waals surface area contributed by atoms with Gasteiger partial charge < -0.3 is 0 Å². The Balaban J connectivity index is 2.32. The van der Waals surface area contributed by atoms with Gasteiger partial charge in [0.2, 0.25) is 0 Å². The van der Waals surface area contributed by atoms with Crippen LogP contribution >= 0.6 is 0 Å². The number of benzene rings is 2. The lowest BCUT2D eigenvalue weighted by molar-refractivity contribution is -0.143. The molecule has 1 aliphatic rings. The van der Waals surface area contributed by atoms with Crippen LogP contribution in [-0.4, -0.2) is 0 Å². The van der Waals surface area contributed by atoms with E-state index in [1.165, 1.54) is 0 Å². The Kier molecular flexibility index (Phi) is 4.87. The van der Waals surface area contributed by atoms with Crippen LogP contribution in [0.4, 0.5) is 26.3 Å². The topological polar surface area (TPSA) is 0 Å². The molecule has 0 heterocycles. The molecule has 144 valence electrons. The van der Waals surface area contributed by atoms with Crippen molar-refractivity contribution in [1.82, 2.24) is 0 Å². The largest absolute Gasteiger partial charge is 0.416 e. The second kappa shape index (κ2) is 6.73. The second-order valence-electron chi connectivity index (χ2n) is 6.65. The molecule has 0 aliphatic heterocycles. The average Bonchev–Trinajstić information content (AvgIpc) is 3.02. The third-order valence-electron chi connectivity index (χ3n) is 4.90. The Hall–Kier alpha value is -2.24. The molecule has 1 aliphatic carbocycles. The number of allylic oxidation sites excluding steroid dienone is 1. The molecule has 2 aromatic carbocycles. The molecule has 0 N–H and O–H groups in total. The van der Waals surface area contributed by atoms with Gasteiger partial charge in [0.1, 0.15) is 0 Å². The van der Waals surface area contributed by atoms with Crippen molar-refractivity contribution in [2.75, 3.05) is 0 Å². The molecule has 27 heavy (non-hydrogen) atoms. The van der Waals surface area contributed by atoms with Crippen LogP contribution in [0.5, 0.6) is 0 Å². The fourth-order valence-electron chi connectivity index (χ4n) is 3.49. The Morgan fingerprint density at radius 1 is 0.815 bits per heavy atom. The van der Waals surface area contributed by atoms with Gasteiger partial charge in [-0.1, -0.05) is 37.6 Å². The summed E-state index contributed by atoms with van der Waals surface area (Å²) in [7, 11) is 0. The van der Waals surface area contributed by atoms with E-state index in [-0.39, 0.29) is 11.6 Å². The molecular weight excluding hydrogens is 366 g/mol. The van der Waals surface area contributed by atoms with Crippen LogP contribution in [0.15, 0.2) is 35.9 Å². The number of hydrogen-bond donors (Lipinski definition) is 0. The molecule has 0 spiro atoms. The monoisotopic (exact) mass is 384 g/mol. The fraction of sp³-hybridized carbons (Fsp3) is 0.333. The first-order valence-electron chi connectivity index (χ1n) is 8.68. The predicted octanol–water partition coefficient (Wildman–Crippen LogP) is 7.30. The van der Waals surface area contributed by atoms with Gasteiger partial charge in [0.15, 0.2) is 0 Å². The molecule has 0 unspecified atom stereocenters. The highest BCUT2D eigenvalue weighted by Crippen LogP contribution is 2.42. The van der Waals surface area contributed by atoms with Crippen LogP contribution < -0.4 is 0 Å². The van der Waals surface area contributed by atoms with Crippen molar-refractivity contribution in [2.24, 2.45) is 0 Å². The zero-order valence-electron chi connectivity index (χ0n) is 14.9. The van der Waals surface area contributed by atoms with Gasteiger partial charge in [0.05, 0.1) is 11.1 Å². The minimum Gasteiger partial charge on any atom is -0.166 e. The molecule has 0 amide bonds. The summed E-state index contributed by atoms with van der Waals surface area (Å²) in [6.07, 6.45) is -5.84. The first kappa shape index (κ1) is 19.5. The van der Waals surface area contributed by atoms with Gasteiger partial charge in [-0.05, 0) is 65.3 Å². The number of alkyl halides is 6. The summed E-state index contributed by atoms with van der Waals surface area (Å²) < 4.78 is 79.5. The van der Waals surface area contributed by atoms with Gasteiger partial charge in [-0.25, -0.2) is 0 Å². The Labute approximate surface area is 153 Å². The molecule has 0 atom stereocenters. The number of halogens is 6. The lowest BCUT2D eigenvalue weighted by atomic mass is 9.89. The summed E-state index contributed by atoms with van der Waals surface area (Å²) in [6, 6.07) is 5.53. The van der Waals surface area contributed by atoms with Crippen molar-refractivity contribution < 1.29 is 26.3 Å². The van der Waals surface area contributed by atoms with E-state index in [9.17, 15) is 26.3 Å². The molecule has 0 bridgehead atoms. The van der Waals surface area contributed by atoms with Crippen molar-refractivity contribution in [3.63, 3.8) is 0 Å². The highest BCUT2D eigenvalue weighted by molar-refractivity contribution is 5.83. The lowest BCUT2D eigenvalue weighted by Crippen LogP contribution is -2.11. The number of fused-ring (bicyclic) bond motifs is 1. The maximum Gasteiger partial charge on any atom is 0.416 e. The van der Waals surface area contributed by atoms with Crippen molar-refractivity contribution in [2.45, 2.75) is 45.5 Å². The summed E-state index contributed by atoms with van der Waals surface area (Å²) in [5, 5.41) is 0. The zero-order valence-corrected chi connectivity index (χ0v) is 14.9. The van der Waals surface area contributed by atoms with E-state index in [0.717, 1.165) is 40.8 Å². The number of hydrogen-bond acceptors (Lipinski definition) is 0. The first-order chi connectivity index (χ1) is 12.5. The molecule has 2 aromatic rings. The van der Waals surface area contributed by atoms with Crippen molar-refractivity contribution in [3.8, 4) is 11.1 Å². The van der Waals surface area contributed by atoms with E-state index in [2.05, 4.69) is 0 Å². The minimum atomic E-state index is -4.86. The molecule has 0 aromatic heterocycles. The van der Waals surface area contributed by atoms with Gasteiger partial charge >= 0.3 is 12.4 Å². The third-order valence-corrected chi connectivity index (χ3v) is 4.90. The maximum atomic E-state index is 13.2. The second-order valence-corrected chi connectivity index (χ2v) is 6.65. The van der Waals surface area contributed by atoms with Crippen LogP contribution in [0.3, 0.4) is 0 Å². The zero-order chi connectivity index (χ0) is 20.0.